The van der Waals surface area contributed by atoms with E-state index in [4.69, 9.17) is 11.6 Å². The van der Waals surface area contributed by atoms with Gasteiger partial charge in [-0.1, -0.05) is 24.4 Å². The Morgan fingerprint density at radius 1 is 1.42 bits per heavy atom. The average Bonchev–Trinajstić information content (AvgIpc) is 2.98. The predicted octanol–water partition coefficient (Wildman–Crippen LogP) is 2.82. The molecule has 3 rings (SSSR count). The van der Waals surface area contributed by atoms with E-state index in [0.717, 1.165) is 12.8 Å². The van der Waals surface area contributed by atoms with Gasteiger partial charge in [-0.3, -0.25) is 4.79 Å². The van der Waals surface area contributed by atoms with Crippen LogP contribution < -0.4 is 5.32 Å². The molecule has 2 heterocycles. The van der Waals surface area contributed by atoms with Crippen LogP contribution in [0.25, 0.3) is 5.65 Å². The largest absolute Gasteiger partial charge is 0.348 e. The van der Waals surface area contributed by atoms with Crippen molar-refractivity contribution in [3.05, 3.63) is 27.6 Å². The van der Waals surface area contributed by atoms with E-state index in [1.54, 1.807) is 12.1 Å². The van der Waals surface area contributed by atoms with Gasteiger partial charge < -0.3 is 5.32 Å². The van der Waals surface area contributed by atoms with Gasteiger partial charge in [-0.05, 0) is 40.9 Å². The van der Waals surface area contributed by atoms with Gasteiger partial charge >= 0.3 is 0 Å². The van der Waals surface area contributed by atoms with Gasteiger partial charge in [0.2, 0.25) is 0 Å². The van der Waals surface area contributed by atoms with Crippen molar-refractivity contribution in [2.75, 3.05) is 0 Å². The molecule has 0 saturated heterocycles. The van der Waals surface area contributed by atoms with Crippen LogP contribution in [-0.4, -0.2) is 26.5 Å². The van der Waals surface area contributed by atoms with Crippen LogP contribution in [0.15, 0.2) is 16.7 Å². The monoisotopic (exact) mass is 342 g/mol. The smallest absolute Gasteiger partial charge is 0.273 e. The summed E-state index contributed by atoms with van der Waals surface area (Å²) in [6, 6.07) is 3.64. The highest BCUT2D eigenvalue weighted by Gasteiger charge is 2.22. The Morgan fingerprint density at radius 3 is 2.89 bits per heavy atom. The summed E-state index contributed by atoms with van der Waals surface area (Å²) in [6.07, 6.45) is 4.44. The molecule has 5 nitrogen and oxygen atoms in total. The first kappa shape index (κ1) is 12.9. The molecular weight excluding hydrogens is 332 g/mol. The van der Waals surface area contributed by atoms with Crippen LogP contribution >= 0.6 is 27.5 Å². The maximum Gasteiger partial charge on any atom is 0.273 e. The normalized spacial score (nSPS) is 16.1. The maximum atomic E-state index is 12.2. The molecule has 0 aliphatic heterocycles. The molecule has 19 heavy (non-hydrogen) atoms. The van der Waals surface area contributed by atoms with Crippen molar-refractivity contribution in [3.63, 3.8) is 0 Å². The van der Waals surface area contributed by atoms with Gasteiger partial charge in [0.15, 0.2) is 11.3 Å². The zero-order chi connectivity index (χ0) is 13.4. The molecule has 0 bridgehead atoms. The first-order valence-electron chi connectivity index (χ1n) is 6.17. The molecule has 0 aromatic carbocycles. The van der Waals surface area contributed by atoms with Crippen molar-refractivity contribution in [3.8, 4) is 0 Å². The van der Waals surface area contributed by atoms with Crippen LogP contribution in [0.4, 0.5) is 0 Å². The predicted molar refractivity (Wildman–Crippen MR) is 75.4 cm³/mol. The number of rotatable bonds is 2. The van der Waals surface area contributed by atoms with Crippen LogP contribution in [-0.2, 0) is 0 Å². The number of halogens is 2. The van der Waals surface area contributed by atoms with Gasteiger partial charge in [0, 0.05) is 6.04 Å². The standard InChI is InChI=1S/C12H12BrClN4O/c13-11-10(12(19)15-7-3-1-2-4-7)16-9-6-5-8(14)17-18(9)11/h5-7H,1-4H2,(H,15,19). The minimum absolute atomic E-state index is 0.166. The molecule has 0 spiro atoms. The van der Waals surface area contributed by atoms with Gasteiger partial charge in [-0.25, -0.2) is 9.50 Å². The van der Waals surface area contributed by atoms with Crippen LogP contribution in [0.3, 0.4) is 0 Å². The van der Waals surface area contributed by atoms with Crippen molar-refractivity contribution < 1.29 is 4.79 Å². The van der Waals surface area contributed by atoms with Crippen LogP contribution in [0.5, 0.6) is 0 Å². The van der Waals surface area contributed by atoms with Crippen LogP contribution in [0.1, 0.15) is 36.2 Å². The van der Waals surface area contributed by atoms with Crippen molar-refractivity contribution >= 4 is 39.1 Å². The molecule has 1 N–H and O–H groups in total. The van der Waals surface area contributed by atoms with Crippen molar-refractivity contribution in [1.29, 1.82) is 0 Å². The number of aromatic nitrogens is 3. The minimum atomic E-state index is -0.166. The van der Waals surface area contributed by atoms with Gasteiger partial charge in [0.25, 0.3) is 5.91 Å². The van der Waals surface area contributed by atoms with E-state index in [1.165, 1.54) is 17.4 Å². The molecule has 1 saturated carbocycles. The lowest BCUT2D eigenvalue weighted by Crippen LogP contribution is -2.33. The number of hydrogen-bond donors (Lipinski definition) is 1. The minimum Gasteiger partial charge on any atom is -0.348 e. The summed E-state index contributed by atoms with van der Waals surface area (Å²) in [5.74, 6) is -0.166. The van der Waals surface area contributed by atoms with Crippen LogP contribution in [0, 0.1) is 0 Å². The molecule has 0 atom stereocenters. The van der Waals surface area contributed by atoms with E-state index in [0.29, 0.717) is 21.1 Å². The second kappa shape index (κ2) is 5.09. The number of nitrogens with one attached hydrogen (secondary N) is 1. The number of hydrogen-bond acceptors (Lipinski definition) is 3. The van der Waals surface area contributed by atoms with E-state index < -0.39 is 0 Å². The van der Waals surface area contributed by atoms with Crippen LogP contribution in [0.2, 0.25) is 5.15 Å². The molecule has 1 amide bonds. The highest BCUT2D eigenvalue weighted by Crippen LogP contribution is 2.21. The number of nitrogens with zero attached hydrogens (tertiary/aromatic N) is 3. The first-order valence-corrected chi connectivity index (χ1v) is 7.34. The quantitative estimate of drug-likeness (QED) is 0.912. The lowest BCUT2D eigenvalue weighted by atomic mass is 10.2. The van der Waals surface area contributed by atoms with Crippen molar-refractivity contribution in [2.24, 2.45) is 0 Å². The van der Waals surface area contributed by atoms with E-state index in [1.807, 2.05) is 0 Å². The summed E-state index contributed by atoms with van der Waals surface area (Å²) in [6.45, 7) is 0. The van der Waals surface area contributed by atoms with Crippen molar-refractivity contribution in [2.45, 2.75) is 31.7 Å². The summed E-state index contributed by atoms with van der Waals surface area (Å²) in [4.78, 5) is 16.5. The second-order valence-electron chi connectivity index (χ2n) is 4.63. The van der Waals surface area contributed by atoms with Gasteiger partial charge in [0.05, 0.1) is 0 Å². The number of fused-ring (bicyclic) bond motifs is 1. The zero-order valence-electron chi connectivity index (χ0n) is 10.1. The number of carbonyl (C=O) groups excluding carboxylic acids is 1. The Kier molecular flexibility index (Phi) is 3.45. The molecular formula is C12H12BrClN4O. The first-order chi connectivity index (χ1) is 9.15. The third kappa shape index (κ3) is 2.47. The summed E-state index contributed by atoms with van der Waals surface area (Å²) in [5.41, 5.74) is 0.939. The number of imidazole rings is 1. The summed E-state index contributed by atoms with van der Waals surface area (Å²) in [5, 5.41) is 7.46. The summed E-state index contributed by atoms with van der Waals surface area (Å²) < 4.78 is 2.05. The molecule has 1 fully saturated rings. The molecule has 7 heteroatoms. The Hall–Kier alpha value is -1.14. The molecule has 100 valence electrons. The molecule has 2 aromatic heterocycles. The molecule has 0 unspecified atom stereocenters. The van der Waals surface area contributed by atoms with E-state index in [-0.39, 0.29) is 11.9 Å². The summed E-state index contributed by atoms with van der Waals surface area (Å²) in [7, 11) is 0. The fourth-order valence-electron chi connectivity index (χ4n) is 2.35. The highest BCUT2D eigenvalue weighted by molar-refractivity contribution is 9.10. The lowest BCUT2D eigenvalue weighted by Gasteiger charge is -2.10. The lowest BCUT2D eigenvalue weighted by molar-refractivity contribution is 0.0932. The zero-order valence-corrected chi connectivity index (χ0v) is 12.4. The van der Waals surface area contributed by atoms with Gasteiger partial charge in [0.1, 0.15) is 9.76 Å². The average molecular weight is 344 g/mol. The van der Waals surface area contributed by atoms with E-state index >= 15 is 0 Å². The molecule has 1 aliphatic carbocycles. The maximum absolute atomic E-state index is 12.2. The summed E-state index contributed by atoms with van der Waals surface area (Å²) >= 11 is 9.19. The number of carbonyl (C=O) groups is 1. The Bertz CT molecular complexity index is 636. The second-order valence-corrected chi connectivity index (χ2v) is 5.77. The fourth-order valence-corrected chi connectivity index (χ4v) is 3.02. The van der Waals surface area contributed by atoms with E-state index in [2.05, 4.69) is 31.3 Å². The molecule has 2 aromatic rings. The fraction of sp³-hybridized carbons (Fsp3) is 0.417. The van der Waals surface area contributed by atoms with Gasteiger partial charge in [-0.15, -0.1) is 0 Å². The Balaban J connectivity index is 1.91. The third-order valence-corrected chi connectivity index (χ3v) is 4.21. The third-order valence-electron chi connectivity index (χ3n) is 3.30. The molecule has 0 radical (unpaired) electrons. The topological polar surface area (TPSA) is 59.3 Å². The molecule has 1 aliphatic rings. The Morgan fingerprint density at radius 2 is 2.16 bits per heavy atom. The van der Waals surface area contributed by atoms with Gasteiger partial charge in [-0.2, -0.15) is 5.10 Å². The van der Waals surface area contributed by atoms with Crippen molar-refractivity contribution in [1.82, 2.24) is 19.9 Å². The highest BCUT2D eigenvalue weighted by atomic mass is 79.9. The Labute approximate surface area is 123 Å². The van der Waals surface area contributed by atoms with E-state index in [9.17, 15) is 4.79 Å². The number of amides is 1. The SMILES string of the molecule is O=C(NC1CCCC1)c1nc2ccc(Cl)nn2c1Br.